The maximum Gasteiger partial charge on any atom is 0.414 e. The lowest BCUT2D eigenvalue weighted by molar-refractivity contribution is -0.122. The molecule has 0 spiro atoms. The molecule has 1 saturated heterocycles. The van der Waals surface area contributed by atoms with E-state index in [2.05, 4.69) is 16.0 Å². The fraction of sp³-hybridized carbons (Fsp3) is 0.450. The summed E-state index contributed by atoms with van der Waals surface area (Å²) in [6.07, 6.45) is 1.26. The highest BCUT2D eigenvalue weighted by Gasteiger charge is 2.33. The van der Waals surface area contributed by atoms with Gasteiger partial charge in [0, 0.05) is 25.6 Å². The van der Waals surface area contributed by atoms with Crippen LogP contribution in [0.2, 0.25) is 0 Å². The predicted octanol–water partition coefficient (Wildman–Crippen LogP) is 1.17. The van der Waals surface area contributed by atoms with Gasteiger partial charge in [0.2, 0.25) is 11.8 Å². The van der Waals surface area contributed by atoms with Gasteiger partial charge in [-0.25, -0.2) is 9.18 Å². The van der Waals surface area contributed by atoms with E-state index in [4.69, 9.17) is 4.74 Å². The molecule has 0 radical (unpaired) electrons. The minimum Gasteiger partial charge on any atom is -0.442 e. The molecule has 0 bridgehead atoms. The summed E-state index contributed by atoms with van der Waals surface area (Å²) in [5, 5.41) is 8.45. The van der Waals surface area contributed by atoms with E-state index in [0.717, 1.165) is 5.57 Å². The largest absolute Gasteiger partial charge is 0.442 e. The van der Waals surface area contributed by atoms with Crippen LogP contribution in [0.5, 0.6) is 0 Å². The number of halogens is 1. The number of likely N-dealkylation sites (N-methyl/N-ethyl adjacent to an activating group) is 1. The van der Waals surface area contributed by atoms with Crippen molar-refractivity contribution in [3.63, 3.8) is 0 Å². The zero-order valence-electron chi connectivity index (χ0n) is 16.5. The van der Waals surface area contributed by atoms with Gasteiger partial charge in [0.1, 0.15) is 18.0 Å². The van der Waals surface area contributed by atoms with Crippen molar-refractivity contribution in [2.75, 3.05) is 31.1 Å². The zero-order chi connectivity index (χ0) is 21.0. The van der Waals surface area contributed by atoms with Crippen molar-refractivity contribution in [3.8, 4) is 0 Å². The topological polar surface area (TPSA) is 99.8 Å². The second-order valence-corrected chi connectivity index (χ2v) is 6.99. The Hall–Kier alpha value is -2.94. The molecular formula is C20H25FN4O4. The Morgan fingerprint density at radius 2 is 2.14 bits per heavy atom. The third-order valence-corrected chi connectivity index (χ3v) is 4.82. The molecule has 1 unspecified atom stereocenters. The van der Waals surface area contributed by atoms with Crippen LogP contribution in [0.4, 0.5) is 14.9 Å². The highest BCUT2D eigenvalue weighted by Crippen LogP contribution is 2.29. The lowest BCUT2D eigenvalue weighted by atomic mass is 9.96. The number of amides is 3. The SMILES string of the molecule is CCNC(=O)C1C=C(c2ccc(N3C[C@H](CNC(C)=O)OC3=O)cc2F)CCN1. The molecule has 1 aromatic carbocycles. The second-order valence-electron chi connectivity index (χ2n) is 6.99. The van der Waals surface area contributed by atoms with Crippen LogP contribution >= 0.6 is 0 Å². The third-order valence-electron chi connectivity index (χ3n) is 4.82. The summed E-state index contributed by atoms with van der Waals surface area (Å²) in [4.78, 5) is 36.5. The number of carbonyl (C=O) groups excluding carboxylic acids is 3. The van der Waals surface area contributed by atoms with E-state index in [0.29, 0.717) is 30.8 Å². The summed E-state index contributed by atoms with van der Waals surface area (Å²) < 4.78 is 20.1. The molecule has 3 amide bonds. The van der Waals surface area contributed by atoms with E-state index >= 15 is 0 Å². The number of rotatable bonds is 6. The van der Waals surface area contributed by atoms with Gasteiger partial charge in [-0.2, -0.15) is 0 Å². The van der Waals surface area contributed by atoms with Crippen LogP contribution in [0.1, 0.15) is 25.8 Å². The lowest BCUT2D eigenvalue weighted by Crippen LogP contribution is -2.45. The van der Waals surface area contributed by atoms with Crippen LogP contribution in [-0.4, -0.2) is 56.2 Å². The minimum absolute atomic E-state index is 0.147. The quantitative estimate of drug-likeness (QED) is 0.661. The number of benzene rings is 1. The van der Waals surface area contributed by atoms with Crippen molar-refractivity contribution in [1.29, 1.82) is 0 Å². The number of cyclic esters (lactones) is 1. The summed E-state index contributed by atoms with van der Waals surface area (Å²) in [6, 6.07) is 4.07. The molecule has 0 aliphatic carbocycles. The fourth-order valence-electron chi connectivity index (χ4n) is 3.41. The fourth-order valence-corrected chi connectivity index (χ4v) is 3.41. The van der Waals surface area contributed by atoms with Crippen LogP contribution in [-0.2, 0) is 14.3 Å². The molecular weight excluding hydrogens is 379 g/mol. The molecule has 156 valence electrons. The number of hydrogen-bond donors (Lipinski definition) is 3. The molecule has 29 heavy (non-hydrogen) atoms. The first-order valence-electron chi connectivity index (χ1n) is 9.63. The molecule has 2 aliphatic rings. The first-order chi connectivity index (χ1) is 13.9. The molecule has 9 heteroatoms. The van der Waals surface area contributed by atoms with E-state index in [9.17, 15) is 18.8 Å². The van der Waals surface area contributed by atoms with E-state index < -0.39 is 24.1 Å². The highest BCUT2D eigenvalue weighted by atomic mass is 19.1. The highest BCUT2D eigenvalue weighted by molar-refractivity contribution is 5.90. The molecule has 1 aromatic rings. The molecule has 3 N–H and O–H groups in total. The van der Waals surface area contributed by atoms with Gasteiger partial charge in [-0.15, -0.1) is 0 Å². The van der Waals surface area contributed by atoms with Crippen LogP contribution in [0.15, 0.2) is 24.3 Å². The summed E-state index contributed by atoms with van der Waals surface area (Å²) in [7, 11) is 0. The molecule has 0 saturated carbocycles. The Kier molecular flexibility index (Phi) is 6.48. The number of anilines is 1. The van der Waals surface area contributed by atoms with Crippen molar-refractivity contribution < 1.29 is 23.5 Å². The third kappa shape index (κ3) is 4.92. The van der Waals surface area contributed by atoms with E-state index in [1.165, 1.54) is 17.9 Å². The van der Waals surface area contributed by atoms with Gasteiger partial charge in [0.05, 0.1) is 18.8 Å². The summed E-state index contributed by atoms with van der Waals surface area (Å²) >= 11 is 0. The Morgan fingerprint density at radius 1 is 1.34 bits per heavy atom. The number of hydrogen-bond acceptors (Lipinski definition) is 5. The zero-order valence-corrected chi connectivity index (χ0v) is 16.5. The van der Waals surface area contributed by atoms with Gasteiger partial charge >= 0.3 is 6.09 Å². The first kappa shape index (κ1) is 20.8. The van der Waals surface area contributed by atoms with E-state index in [1.54, 1.807) is 18.2 Å². The molecule has 2 aliphatic heterocycles. The maximum atomic E-state index is 14.8. The van der Waals surface area contributed by atoms with Crippen LogP contribution in [0.25, 0.3) is 5.57 Å². The molecule has 0 aromatic heterocycles. The van der Waals surface area contributed by atoms with Crippen molar-refractivity contribution in [3.05, 3.63) is 35.7 Å². The maximum absolute atomic E-state index is 14.8. The van der Waals surface area contributed by atoms with E-state index in [1.807, 2.05) is 6.92 Å². The summed E-state index contributed by atoms with van der Waals surface area (Å²) in [5.74, 6) is -0.828. The van der Waals surface area contributed by atoms with Gasteiger partial charge < -0.3 is 20.7 Å². The van der Waals surface area contributed by atoms with Gasteiger partial charge in [0.15, 0.2) is 0 Å². The smallest absolute Gasteiger partial charge is 0.414 e. The monoisotopic (exact) mass is 404 g/mol. The van der Waals surface area contributed by atoms with Crippen LogP contribution < -0.4 is 20.9 Å². The molecule has 3 rings (SSSR count). The molecule has 8 nitrogen and oxygen atoms in total. The van der Waals surface area contributed by atoms with Gasteiger partial charge in [-0.1, -0.05) is 6.08 Å². The Labute approximate surface area is 168 Å². The number of nitrogens with one attached hydrogen (secondary N) is 3. The molecule has 2 heterocycles. The molecule has 2 atom stereocenters. The van der Waals surface area contributed by atoms with Gasteiger partial charge in [-0.3, -0.25) is 14.5 Å². The minimum atomic E-state index is -0.579. The lowest BCUT2D eigenvalue weighted by Gasteiger charge is -2.23. The summed E-state index contributed by atoms with van der Waals surface area (Å²) in [6.45, 7) is 4.75. The van der Waals surface area contributed by atoms with E-state index in [-0.39, 0.29) is 24.9 Å². The van der Waals surface area contributed by atoms with Crippen molar-refractivity contribution in [2.24, 2.45) is 0 Å². The standard InChI is InChI=1S/C20H25FN4O4/c1-3-22-19(27)18-8-13(6-7-23-18)16-5-4-14(9-17(16)21)25-11-15(29-20(25)28)10-24-12(2)26/h4-5,8-9,15,18,23H,3,6-7,10-11H2,1-2H3,(H,22,27)(H,24,26)/t15-,18?/m0/s1. The van der Waals surface area contributed by atoms with Crippen molar-refractivity contribution in [1.82, 2.24) is 16.0 Å². The van der Waals surface area contributed by atoms with Gasteiger partial charge in [0.25, 0.3) is 0 Å². The normalized spacial score (nSPS) is 21.4. The van der Waals surface area contributed by atoms with Crippen molar-refractivity contribution in [2.45, 2.75) is 32.4 Å². The average Bonchev–Trinajstić information content (AvgIpc) is 3.07. The second kappa shape index (κ2) is 9.04. The Bertz CT molecular complexity index is 842. The first-order valence-corrected chi connectivity index (χ1v) is 9.63. The van der Waals surface area contributed by atoms with Crippen LogP contribution in [0, 0.1) is 5.82 Å². The number of carbonyl (C=O) groups is 3. The summed E-state index contributed by atoms with van der Waals surface area (Å²) in [5.41, 5.74) is 1.54. The van der Waals surface area contributed by atoms with Gasteiger partial charge in [-0.05, 0) is 37.1 Å². The average molecular weight is 404 g/mol. The molecule has 1 fully saturated rings. The van der Waals surface area contributed by atoms with Crippen molar-refractivity contribution >= 4 is 29.2 Å². The van der Waals surface area contributed by atoms with Crippen LogP contribution in [0.3, 0.4) is 0 Å². The number of nitrogens with zero attached hydrogens (tertiary/aromatic N) is 1. The number of ether oxygens (including phenoxy) is 1. The Balaban J connectivity index is 1.74. The predicted molar refractivity (Wildman–Crippen MR) is 106 cm³/mol. The Morgan fingerprint density at radius 3 is 2.83 bits per heavy atom.